The summed E-state index contributed by atoms with van der Waals surface area (Å²) in [6.07, 6.45) is 3.90. The van der Waals surface area contributed by atoms with Crippen LogP contribution in [-0.4, -0.2) is 69.5 Å². The van der Waals surface area contributed by atoms with Gasteiger partial charge in [-0.1, -0.05) is 0 Å². The fourth-order valence-electron chi connectivity index (χ4n) is 3.32. The molecule has 1 N–H and O–H groups in total. The minimum Gasteiger partial charge on any atom is -0.378 e. The molecule has 124 valence electrons. The van der Waals surface area contributed by atoms with Gasteiger partial charge in [0.2, 0.25) is 0 Å². The van der Waals surface area contributed by atoms with Gasteiger partial charge in [-0.15, -0.1) is 0 Å². The van der Waals surface area contributed by atoms with Crippen LogP contribution in [0.5, 0.6) is 0 Å². The molecule has 2 heterocycles. The van der Waals surface area contributed by atoms with Crippen molar-refractivity contribution < 1.29 is 13.2 Å². The number of hydrogen-bond acceptors (Lipinski definition) is 4. The van der Waals surface area contributed by atoms with Crippen molar-refractivity contribution in [1.82, 2.24) is 13.9 Å². The van der Waals surface area contributed by atoms with Crippen molar-refractivity contribution in [3.63, 3.8) is 0 Å². The Balaban J connectivity index is 1.92. The van der Waals surface area contributed by atoms with Crippen molar-refractivity contribution in [1.29, 1.82) is 0 Å². The third kappa shape index (κ3) is 4.39. The minimum atomic E-state index is -3.29. The molecule has 0 aromatic carbocycles. The summed E-state index contributed by atoms with van der Waals surface area (Å²) in [5.74, 6) is 0.430. The molecule has 0 spiro atoms. The summed E-state index contributed by atoms with van der Waals surface area (Å²) in [7, 11) is -1.37. The van der Waals surface area contributed by atoms with Crippen LogP contribution in [-0.2, 0) is 14.9 Å². The molecule has 1 unspecified atom stereocenters. The predicted molar refractivity (Wildman–Crippen MR) is 83.4 cm³/mol. The molecule has 0 bridgehead atoms. The van der Waals surface area contributed by atoms with Crippen LogP contribution >= 0.6 is 0 Å². The van der Waals surface area contributed by atoms with E-state index in [1.807, 2.05) is 14.0 Å². The lowest BCUT2D eigenvalue weighted by atomic mass is 10.00. The summed E-state index contributed by atoms with van der Waals surface area (Å²) < 4.78 is 34.4. The standard InChI is InChI=1S/C14H29N3O3S/c1-3-20-14-6-9-16(10-7-14)21(18,19)17-8-4-5-13(12-17)11-15-2/h13-15H,3-12H2,1-2H3. The second-order valence-corrected chi connectivity index (χ2v) is 7.91. The molecule has 2 saturated heterocycles. The second kappa shape index (κ2) is 7.87. The minimum absolute atomic E-state index is 0.222. The molecule has 0 saturated carbocycles. The first-order valence-electron chi connectivity index (χ1n) is 8.09. The van der Waals surface area contributed by atoms with E-state index in [0.717, 1.165) is 32.2 Å². The molecule has 0 aromatic heterocycles. The molecule has 0 aromatic rings. The predicted octanol–water partition coefficient (Wildman–Crippen LogP) is 0.664. The van der Waals surface area contributed by atoms with Crippen LogP contribution in [0.2, 0.25) is 0 Å². The van der Waals surface area contributed by atoms with E-state index in [1.165, 1.54) is 0 Å². The Hall–Kier alpha value is -0.210. The van der Waals surface area contributed by atoms with Gasteiger partial charge in [0.25, 0.3) is 10.2 Å². The first-order chi connectivity index (χ1) is 10.1. The van der Waals surface area contributed by atoms with E-state index >= 15 is 0 Å². The molecular weight excluding hydrogens is 290 g/mol. The zero-order chi connectivity index (χ0) is 15.3. The summed E-state index contributed by atoms with van der Waals surface area (Å²) in [5.41, 5.74) is 0. The molecule has 0 aliphatic carbocycles. The molecule has 2 rings (SSSR count). The number of ether oxygens (including phenoxy) is 1. The summed E-state index contributed by atoms with van der Waals surface area (Å²) in [6.45, 7) is 6.05. The number of nitrogens with one attached hydrogen (secondary N) is 1. The third-order valence-corrected chi connectivity index (χ3v) is 6.43. The average molecular weight is 319 g/mol. The SMILES string of the molecule is CCOC1CCN(S(=O)(=O)N2CCCC(CNC)C2)CC1. The molecule has 2 aliphatic heterocycles. The van der Waals surface area contributed by atoms with Crippen molar-refractivity contribution in [3.8, 4) is 0 Å². The molecule has 7 heteroatoms. The Morgan fingerprint density at radius 1 is 1.14 bits per heavy atom. The molecule has 6 nitrogen and oxygen atoms in total. The molecular formula is C14H29N3O3S. The summed E-state index contributed by atoms with van der Waals surface area (Å²) in [5, 5.41) is 3.16. The highest BCUT2D eigenvalue weighted by atomic mass is 32.2. The zero-order valence-electron chi connectivity index (χ0n) is 13.3. The third-order valence-electron chi connectivity index (χ3n) is 4.43. The van der Waals surface area contributed by atoms with E-state index in [9.17, 15) is 8.42 Å². The zero-order valence-corrected chi connectivity index (χ0v) is 14.1. The molecule has 2 aliphatic rings. The molecule has 0 amide bonds. The van der Waals surface area contributed by atoms with E-state index in [1.54, 1.807) is 8.61 Å². The van der Waals surface area contributed by atoms with E-state index in [0.29, 0.717) is 38.7 Å². The lowest BCUT2D eigenvalue weighted by molar-refractivity contribution is 0.0278. The van der Waals surface area contributed by atoms with Crippen molar-refractivity contribution in [2.75, 3.05) is 46.4 Å². The smallest absolute Gasteiger partial charge is 0.281 e. The number of hydrogen-bond donors (Lipinski definition) is 1. The van der Waals surface area contributed by atoms with Crippen LogP contribution in [0.3, 0.4) is 0 Å². The van der Waals surface area contributed by atoms with Crippen LogP contribution in [0.1, 0.15) is 32.6 Å². The van der Waals surface area contributed by atoms with Crippen molar-refractivity contribution in [2.24, 2.45) is 5.92 Å². The number of nitrogens with zero attached hydrogens (tertiary/aromatic N) is 2. The summed E-state index contributed by atoms with van der Waals surface area (Å²) in [6, 6.07) is 0. The highest BCUT2D eigenvalue weighted by molar-refractivity contribution is 7.86. The van der Waals surface area contributed by atoms with Crippen LogP contribution < -0.4 is 5.32 Å². The molecule has 1 atom stereocenters. The normalized spacial score (nSPS) is 27.0. The van der Waals surface area contributed by atoms with E-state index in [2.05, 4.69) is 5.32 Å². The van der Waals surface area contributed by atoms with Gasteiger partial charge in [-0.25, -0.2) is 0 Å². The van der Waals surface area contributed by atoms with Gasteiger partial charge in [0.05, 0.1) is 6.10 Å². The Morgan fingerprint density at radius 2 is 1.86 bits per heavy atom. The van der Waals surface area contributed by atoms with Crippen LogP contribution in [0.25, 0.3) is 0 Å². The molecule has 21 heavy (non-hydrogen) atoms. The topological polar surface area (TPSA) is 61.9 Å². The average Bonchev–Trinajstić information content (AvgIpc) is 2.49. The van der Waals surface area contributed by atoms with Crippen molar-refractivity contribution >= 4 is 10.2 Å². The second-order valence-electron chi connectivity index (χ2n) is 5.99. The number of rotatable bonds is 6. The molecule has 2 fully saturated rings. The van der Waals surface area contributed by atoms with Gasteiger partial charge in [-0.2, -0.15) is 17.0 Å². The van der Waals surface area contributed by atoms with Gasteiger partial charge >= 0.3 is 0 Å². The van der Waals surface area contributed by atoms with Gasteiger partial charge < -0.3 is 10.1 Å². The van der Waals surface area contributed by atoms with Gasteiger partial charge in [-0.3, -0.25) is 0 Å². The van der Waals surface area contributed by atoms with Gasteiger partial charge in [-0.05, 0) is 52.1 Å². The lowest BCUT2D eigenvalue weighted by Crippen LogP contribution is -2.51. The Kier molecular flexibility index (Phi) is 6.43. The van der Waals surface area contributed by atoms with Gasteiger partial charge in [0, 0.05) is 32.8 Å². The van der Waals surface area contributed by atoms with Crippen LogP contribution in [0, 0.1) is 5.92 Å². The van der Waals surface area contributed by atoms with Crippen LogP contribution in [0.15, 0.2) is 0 Å². The fraction of sp³-hybridized carbons (Fsp3) is 1.00. The Morgan fingerprint density at radius 3 is 2.48 bits per heavy atom. The van der Waals surface area contributed by atoms with Crippen molar-refractivity contribution in [2.45, 2.75) is 38.7 Å². The van der Waals surface area contributed by atoms with E-state index < -0.39 is 10.2 Å². The molecule has 0 radical (unpaired) electrons. The van der Waals surface area contributed by atoms with Gasteiger partial charge in [0.15, 0.2) is 0 Å². The fourth-order valence-corrected chi connectivity index (χ4v) is 5.08. The first-order valence-corrected chi connectivity index (χ1v) is 9.49. The first kappa shape index (κ1) is 17.1. The Bertz CT molecular complexity index is 406. The Labute approximate surface area is 129 Å². The van der Waals surface area contributed by atoms with Crippen molar-refractivity contribution in [3.05, 3.63) is 0 Å². The monoisotopic (exact) mass is 319 g/mol. The summed E-state index contributed by atoms with van der Waals surface area (Å²) >= 11 is 0. The highest BCUT2D eigenvalue weighted by Crippen LogP contribution is 2.24. The van der Waals surface area contributed by atoms with Crippen LogP contribution in [0.4, 0.5) is 0 Å². The maximum Gasteiger partial charge on any atom is 0.281 e. The maximum atomic E-state index is 12.7. The van der Waals surface area contributed by atoms with E-state index in [-0.39, 0.29) is 6.10 Å². The maximum absolute atomic E-state index is 12.7. The number of piperidine rings is 2. The quantitative estimate of drug-likeness (QED) is 0.781. The van der Waals surface area contributed by atoms with Gasteiger partial charge in [0.1, 0.15) is 0 Å². The lowest BCUT2D eigenvalue weighted by Gasteiger charge is -2.38. The highest BCUT2D eigenvalue weighted by Gasteiger charge is 2.35. The largest absolute Gasteiger partial charge is 0.378 e. The van der Waals surface area contributed by atoms with E-state index in [4.69, 9.17) is 4.74 Å². The summed E-state index contributed by atoms with van der Waals surface area (Å²) in [4.78, 5) is 0.